The van der Waals surface area contributed by atoms with Gasteiger partial charge in [0.05, 0.1) is 12.5 Å². The van der Waals surface area contributed by atoms with Crippen LogP contribution in [-0.4, -0.2) is 63.0 Å². The second-order valence-corrected chi connectivity index (χ2v) is 8.97. The van der Waals surface area contributed by atoms with Crippen LogP contribution in [0.1, 0.15) is 37.3 Å². The first-order chi connectivity index (χ1) is 14.3. The summed E-state index contributed by atoms with van der Waals surface area (Å²) in [6, 6.07) is 8.89. The lowest BCUT2D eigenvalue weighted by atomic mass is 9.84. The fraction of sp³-hybridized carbons (Fsp3) is 0.696. The Bertz CT molecular complexity index is 715. The molecule has 6 nitrogen and oxygen atoms in total. The molecular formula is C23H32N2O4. The Balaban J connectivity index is 1.35. The third kappa shape index (κ3) is 4.03. The summed E-state index contributed by atoms with van der Waals surface area (Å²) in [7, 11) is 0. The van der Waals surface area contributed by atoms with Gasteiger partial charge in [0.2, 0.25) is 5.91 Å². The maximum absolute atomic E-state index is 13.3. The lowest BCUT2D eigenvalue weighted by Crippen LogP contribution is -2.45. The van der Waals surface area contributed by atoms with E-state index >= 15 is 0 Å². The predicted octanol–water partition coefficient (Wildman–Crippen LogP) is 2.39. The van der Waals surface area contributed by atoms with Gasteiger partial charge in [-0.15, -0.1) is 0 Å². The lowest BCUT2D eigenvalue weighted by molar-refractivity contribution is -0.127. The van der Waals surface area contributed by atoms with Crippen molar-refractivity contribution in [1.82, 2.24) is 10.2 Å². The number of fused-ring (bicyclic) bond motifs is 3. The monoisotopic (exact) mass is 400 g/mol. The number of rotatable bonds is 4. The summed E-state index contributed by atoms with van der Waals surface area (Å²) < 4.78 is 17.1. The van der Waals surface area contributed by atoms with Crippen molar-refractivity contribution in [3.05, 3.63) is 29.8 Å². The molecule has 0 spiro atoms. The van der Waals surface area contributed by atoms with Crippen molar-refractivity contribution >= 4 is 5.91 Å². The number of benzene rings is 1. The third-order valence-corrected chi connectivity index (χ3v) is 7.15. The maximum Gasteiger partial charge on any atom is 0.225 e. The van der Waals surface area contributed by atoms with E-state index in [1.54, 1.807) is 0 Å². The average Bonchev–Trinajstić information content (AvgIpc) is 3.14. The fourth-order valence-electron chi connectivity index (χ4n) is 5.55. The molecule has 0 aliphatic carbocycles. The molecule has 29 heavy (non-hydrogen) atoms. The molecule has 4 aliphatic rings. The molecule has 158 valence electrons. The van der Waals surface area contributed by atoms with Gasteiger partial charge < -0.3 is 19.5 Å². The highest BCUT2D eigenvalue weighted by molar-refractivity contribution is 5.80. The van der Waals surface area contributed by atoms with E-state index in [4.69, 9.17) is 14.2 Å². The first kappa shape index (κ1) is 19.3. The molecule has 4 aliphatic heterocycles. The van der Waals surface area contributed by atoms with Crippen LogP contribution in [0.5, 0.6) is 5.75 Å². The number of likely N-dealkylation sites (tertiary alicyclic amines) is 1. The quantitative estimate of drug-likeness (QED) is 0.841. The lowest BCUT2D eigenvalue weighted by Gasteiger charge is -2.36. The number of carbonyl (C=O) groups is 1. The van der Waals surface area contributed by atoms with E-state index in [0.29, 0.717) is 12.5 Å². The molecule has 6 heteroatoms. The first-order valence-electron chi connectivity index (χ1n) is 11.2. The van der Waals surface area contributed by atoms with E-state index in [1.807, 2.05) is 6.07 Å². The van der Waals surface area contributed by atoms with Crippen LogP contribution >= 0.6 is 0 Å². The van der Waals surface area contributed by atoms with Gasteiger partial charge in [-0.25, -0.2) is 0 Å². The van der Waals surface area contributed by atoms with Gasteiger partial charge in [0, 0.05) is 63.1 Å². The minimum atomic E-state index is -0.0176. The molecule has 1 N–H and O–H groups in total. The number of amides is 1. The van der Waals surface area contributed by atoms with Gasteiger partial charge in [-0.05, 0) is 37.7 Å². The number of carbonyl (C=O) groups excluding carboxylic acids is 1. The molecule has 3 fully saturated rings. The van der Waals surface area contributed by atoms with E-state index < -0.39 is 0 Å². The molecule has 3 saturated heterocycles. The second kappa shape index (κ2) is 8.62. The summed E-state index contributed by atoms with van der Waals surface area (Å²) in [5, 5.41) is 3.32. The molecule has 0 radical (unpaired) electrons. The molecule has 1 aromatic carbocycles. The molecule has 4 heterocycles. The summed E-state index contributed by atoms with van der Waals surface area (Å²) in [5.41, 5.74) is 1.25. The van der Waals surface area contributed by atoms with Crippen LogP contribution in [-0.2, 0) is 14.3 Å². The van der Waals surface area contributed by atoms with Crippen LogP contribution in [0.4, 0.5) is 0 Å². The van der Waals surface area contributed by atoms with Crippen molar-refractivity contribution in [3.8, 4) is 5.75 Å². The number of para-hydroxylation sites is 1. The zero-order valence-corrected chi connectivity index (χ0v) is 17.1. The molecule has 0 unspecified atom stereocenters. The standard InChI is InChI=1S/C23H32N2O4/c26-23(24-17-7-11-28-12-8-17)19-14-25(13-16-5-9-27-10-6-16)22-18-3-1-2-4-21(18)29-15-20(19)22/h1-4,16-17,19-20,22H,5-15H2,(H,24,26)/t19-,20+,22+/m1/s1. The Kier molecular flexibility index (Phi) is 5.75. The smallest absolute Gasteiger partial charge is 0.225 e. The van der Waals surface area contributed by atoms with Gasteiger partial charge in [-0.1, -0.05) is 18.2 Å². The highest BCUT2D eigenvalue weighted by Crippen LogP contribution is 2.47. The van der Waals surface area contributed by atoms with Gasteiger partial charge in [0.25, 0.3) is 0 Å². The van der Waals surface area contributed by atoms with Gasteiger partial charge in [0.1, 0.15) is 5.75 Å². The minimum absolute atomic E-state index is 0.0176. The second-order valence-electron chi connectivity index (χ2n) is 8.97. The van der Waals surface area contributed by atoms with Crippen LogP contribution in [0, 0.1) is 17.8 Å². The summed E-state index contributed by atoms with van der Waals surface area (Å²) in [6.07, 6.45) is 4.06. The van der Waals surface area contributed by atoms with Crippen molar-refractivity contribution in [2.75, 3.05) is 46.1 Å². The molecule has 0 bridgehead atoms. The zero-order valence-electron chi connectivity index (χ0n) is 17.1. The van der Waals surface area contributed by atoms with Crippen molar-refractivity contribution in [3.63, 3.8) is 0 Å². The predicted molar refractivity (Wildman–Crippen MR) is 109 cm³/mol. The largest absolute Gasteiger partial charge is 0.493 e. The number of hydrogen-bond acceptors (Lipinski definition) is 5. The summed E-state index contributed by atoms with van der Waals surface area (Å²) in [4.78, 5) is 15.8. The Morgan fingerprint density at radius 2 is 1.76 bits per heavy atom. The molecule has 0 saturated carbocycles. The van der Waals surface area contributed by atoms with Crippen LogP contribution in [0.25, 0.3) is 0 Å². The first-order valence-corrected chi connectivity index (χ1v) is 11.2. The topological polar surface area (TPSA) is 60.0 Å². The van der Waals surface area contributed by atoms with Crippen LogP contribution in [0.2, 0.25) is 0 Å². The highest BCUT2D eigenvalue weighted by atomic mass is 16.5. The van der Waals surface area contributed by atoms with Crippen molar-refractivity contribution in [2.24, 2.45) is 17.8 Å². The van der Waals surface area contributed by atoms with Gasteiger partial charge in [-0.3, -0.25) is 9.69 Å². The van der Waals surface area contributed by atoms with Gasteiger partial charge in [-0.2, -0.15) is 0 Å². The van der Waals surface area contributed by atoms with Crippen LogP contribution < -0.4 is 10.1 Å². The normalized spacial score (nSPS) is 31.0. The van der Waals surface area contributed by atoms with E-state index in [1.165, 1.54) is 5.56 Å². The van der Waals surface area contributed by atoms with Crippen LogP contribution in [0.3, 0.4) is 0 Å². The van der Waals surface area contributed by atoms with E-state index in [9.17, 15) is 4.79 Å². The molecule has 0 aromatic heterocycles. The fourth-order valence-corrected chi connectivity index (χ4v) is 5.55. The van der Waals surface area contributed by atoms with Gasteiger partial charge >= 0.3 is 0 Å². The van der Waals surface area contributed by atoms with E-state index in [0.717, 1.165) is 70.9 Å². The van der Waals surface area contributed by atoms with Gasteiger partial charge in [0.15, 0.2) is 0 Å². The summed E-state index contributed by atoms with van der Waals surface area (Å²) >= 11 is 0. The maximum atomic E-state index is 13.3. The number of hydrogen-bond donors (Lipinski definition) is 1. The highest BCUT2D eigenvalue weighted by Gasteiger charge is 2.49. The molecule has 1 aromatic rings. The van der Waals surface area contributed by atoms with E-state index in [-0.39, 0.29) is 29.8 Å². The molecule has 5 rings (SSSR count). The molecular weight excluding hydrogens is 368 g/mol. The minimum Gasteiger partial charge on any atom is -0.493 e. The Hall–Kier alpha value is -1.63. The van der Waals surface area contributed by atoms with Crippen molar-refractivity contribution in [1.29, 1.82) is 0 Å². The third-order valence-electron chi connectivity index (χ3n) is 7.15. The van der Waals surface area contributed by atoms with Crippen molar-refractivity contribution < 1.29 is 19.0 Å². The number of nitrogens with one attached hydrogen (secondary N) is 1. The van der Waals surface area contributed by atoms with Crippen molar-refractivity contribution in [2.45, 2.75) is 37.8 Å². The average molecular weight is 401 g/mol. The molecule has 3 atom stereocenters. The number of nitrogens with zero attached hydrogens (tertiary/aromatic N) is 1. The number of ether oxygens (including phenoxy) is 3. The zero-order chi connectivity index (χ0) is 19.6. The SMILES string of the molecule is O=C(NC1CCOCC1)[C@@H]1CN(CC2CCOCC2)[C@H]2c3ccccc3OC[C@@H]12. The summed E-state index contributed by atoms with van der Waals surface area (Å²) in [5.74, 6) is 2.03. The summed E-state index contributed by atoms with van der Waals surface area (Å²) in [6.45, 7) is 5.69. The molecule has 1 amide bonds. The Labute approximate surface area is 172 Å². The Morgan fingerprint density at radius 1 is 1.03 bits per heavy atom. The van der Waals surface area contributed by atoms with Crippen LogP contribution in [0.15, 0.2) is 24.3 Å². The van der Waals surface area contributed by atoms with E-state index in [2.05, 4.69) is 28.4 Å². The Morgan fingerprint density at radius 3 is 2.55 bits per heavy atom.